The average Bonchev–Trinajstić information content (AvgIpc) is 2.73. The minimum absolute atomic E-state index is 0.000904. The van der Waals surface area contributed by atoms with Crippen molar-refractivity contribution in [3.8, 4) is 0 Å². The fourth-order valence-electron chi connectivity index (χ4n) is 1.82. The molecule has 80 valence electrons. The Hall–Kier alpha value is -1.85. The van der Waals surface area contributed by atoms with Crippen LogP contribution in [0.25, 0.3) is 0 Å². The molecule has 1 heterocycles. The van der Waals surface area contributed by atoms with Gasteiger partial charge in [-0.15, -0.1) is 0 Å². The summed E-state index contributed by atoms with van der Waals surface area (Å²) in [5.41, 5.74) is 0. The van der Waals surface area contributed by atoms with Crippen LogP contribution in [0.3, 0.4) is 0 Å². The number of hydrogen-bond acceptors (Lipinski definition) is 3. The van der Waals surface area contributed by atoms with Crippen LogP contribution in [0.4, 0.5) is 4.79 Å². The molecule has 0 bridgehead atoms. The smallest absolute Gasteiger partial charge is 0.325 e. The first-order valence-electron chi connectivity index (χ1n) is 4.60. The highest BCUT2D eigenvalue weighted by Gasteiger charge is 2.37. The van der Waals surface area contributed by atoms with Gasteiger partial charge in [0.25, 0.3) is 5.91 Å². The second-order valence-electron chi connectivity index (χ2n) is 3.56. The number of hydrogen-bond donors (Lipinski definition) is 2. The van der Waals surface area contributed by atoms with Gasteiger partial charge in [0.2, 0.25) is 0 Å². The fourth-order valence-corrected chi connectivity index (χ4v) is 1.82. The highest BCUT2D eigenvalue weighted by atomic mass is 16.4. The van der Waals surface area contributed by atoms with E-state index in [2.05, 4.69) is 5.32 Å². The number of carbonyl (C=O) groups excluding carboxylic acids is 2. The Balaban J connectivity index is 2.08. The van der Waals surface area contributed by atoms with Crippen LogP contribution < -0.4 is 5.32 Å². The maximum Gasteiger partial charge on any atom is 0.325 e. The van der Waals surface area contributed by atoms with Gasteiger partial charge in [-0.2, -0.15) is 0 Å². The molecule has 2 rings (SSSR count). The lowest BCUT2D eigenvalue weighted by Crippen LogP contribution is -2.39. The first-order chi connectivity index (χ1) is 7.09. The molecule has 0 aromatic heterocycles. The molecule has 2 unspecified atom stereocenters. The van der Waals surface area contributed by atoms with Gasteiger partial charge in [0.05, 0.1) is 18.5 Å². The molecule has 2 atom stereocenters. The Labute approximate surface area is 85.5 Å². The molecular weight excluding hydrogens is 200 g/mol. The number of nitrogens with one attached hydrogen (secondary N) is 1. The Morgan fingerprint density at radius 1 is 1.47 bits per heavy atom. The lowest BCUT2D eigenvalue weighted by atomic mass is 10.1. The standard InChI is InChI=1S/C9H10N2O4/c12-7-4-10-9(15)11(7)6-2-1-5(3-6)8(13)14/h1-2,5-6H,3-4H2,(H,10,15)(H,13,14). The third-order valence-corrected chi connectivity index (χ3v) is 2.59. The van der Waals surface area contributed by atoms with Gasteiger partial charge in [-0.1, -0.05) is 12.2 Å². The summed E-state index contributed by atoms with van der Waals surface area (Å²) in [5.74, 6) is -1.84. The highest BCUT2D eigenvalue weighted by molar-refractivity contribution is 6.02. The maximum absolute atomic E-state index is 11.3. The predicted octanol–water partition coefficient (Wildman–Crippen LogP) is -0.433. The lowest BCUT2D eigenvalue weighted by Gasteiger charge is -2.19. The van der Waals surface area contributed by atoms with E-state index in [1.807, 2.05) is 0 Å². The van der Waals surface area contributed by atoms with Gasteiger partial charge in [0, 0.05) is 0 Å². The first kappa shape index (κ1) is 9.70. The number of rotatable bonds is 2. The summed E-state index contributed by atoms with van der Waals surface area (Å²) in [4.78, 5) is 34.3. The second-order valence-corrected chi connectivity index (χ2v) is 3.56. The normalized spacial score (nSPS) is 29.7. The van der Waals surface area contributed by atoms with Crippen LogP contribution >= 0.6 is 0 Å². The van der Waals surface area contributed by atoms with Gasteiger partial charge in [0.15, 0.2) is 0 Å². The molecule has 3 amide bonds. The third-order valence-electron chi connectivity index (χ3n) is 2.59. The Bertz CT molecular complexity index is 347. The molecule has 1 aliphatic heterocycles. The summed E-state index contributed by atoms with van der Waals surface area (Å²) < 4.78 is 0. The van der Waals surface area contributed by atoms with Gasteiger partial charge in [-0.05, 0) is 6.42 Å². The van der Waals surface area contributed by atoms with Gasteiger partial charge < -0.3 is 10.4 Å². The number of amides is 3. The van der Waals surface area contributed by atoms with Gasteiger partial charge >= 0.3 is 12.0 Å². The molecule has 0 saturated carbocycles. The summed E-state index contributed by atoms with van der Waals surface area (Å²) in [6, 6.07) is -0.859. The van der Waals surface area contributed by atoms with Crippen molar-refractivity contribution in [1.82, 2.24) is 10.2 Å². The number of carboxylic acid groups (broad SMARTS) is 1. The molecule has 2 N–H and O–H groups in total. The molecule has 0 aromatic rings. The van der Waals surface area contributed by atoms with E-state index in [1.54, 1.807) is 6.08 Å². The van der Waals surface area contributed by atoms with Crippen molar-refractivity contribution in [1.29, 1.82) is 0 Å². The Kier molecular flexibility index (Phi) is 2.18. The van der Waals surface area contributed by atoms with E-state index >= 15 is 0 Å². The molecule has 2 aliphatic rings. The minimum atomic E-state index is -0.930. The van der Waals surface area contributed by atoms with Crippen molar-refractivity contribution in [3.63, 3.8) is 0 Å². The van der Waals surface area contributed by atoms with Crippen molar-refractivity contribution < 1.29 is 19.5 Å². The number of carbonyl (C=O) groups is 3. The first-order valence-corrected chi connectivity index (χ1v) is 4.60. The van der Waals surface area contributed by atoms with E-state index in [9.17, 15) is 14.4 Å². The summed E-state index contributed by atoms with van der Waals surface area (Å²) in [6.45, 7) is 0.000904. The summed E-state index contributed by atoms with van der Waals surface area (Å²) in [6.07, 6.45) is 3.39. The number of nitrogens with zero attached hydrogens (tertiary/aromatic N) is 1. The zero-order chi connectivity index (χ0) is 11.0. The van der Waals surface area contributed by atoms with Crippen LogP contribution in [-0.2, 0) is 9.59 Å². The number of aliphatic carboxylic acids is 1. The van der Waals surface area contributed by atoms with E-state index in [4.69, 9.17) is 5.11 Å². The summed E-state index contributed by atoms with van der Waals surface area (Å²) in [7, 11) is 0. The van der Waals surface area contributed by atoms with Gasteiger partial charge in [0.1, 0.15) is 0 Å². The van der Waals surface area contributed by atoms with Crippen molar-refractivity contribution in [2.75, 3.05) is 6.54 Å². The van der Waals surface area contributed by atoms with Crippen LogP contribution in [0, 0.1) is 5.92 Å². The van der Waals surface area contributed by atoms with Crippen LogP contribution in [0.5, 0.6) is 0 Å². The molecule has 1 aliphatic carbocycles. The Morgan fingerprint density at radius 3 is 2.67 bits per heavy atom. The fraction of sp³-hybridized carbons (Fsp3) is 0.444. The van der Waals surface area contributed by atoms with E-state index in [0.29, 0.717) is 0 Å². The second kappa shape index (κ2) is 3.38. The van der Waals surface area contributed by atoms with Gasteiger partial charge in [-0.3, -0.25) is 14.5 Å². The molecule has 1 fully saturated rings. The minimum Gasteiger partial charge on any atom is -0.481 e. The largest absolute Gasteiger partial charge is 0.481 e. The summed E-state index contributed by atoms with van der Waals surface area (Å²) in [5, 5.41) is 11.1. The summed E-state index contributed by atoms with van der Waals surface area (Å²) >= 11 is 0. The zero-order valence-electron chi connectivity index (χ0n) is 7.84. The number of carboxylic acids is 1. The van der Waals surface area contributed by atoms with Crippen LogP contribution in [0.1, 0.15) is 6.42 Å². The van der Waals surface area contributed by atoms with Crippen LogP contribution in [0.15, 0.2) is 12.2 Å². The zero-order valence-corrected chi connectivity index (χ0v) is 7.84. The molecular formula is C9H10N2O4. The quantitative estimate of drug-likeness (QED) is 0.478. The van der Waals surface area contributed by atoms with Crippen molar-refractivity contribution in [2.24, 2.45) is 5.92 Å². The van der Waals surface area contributed by atoms with E-state index in [0.717, 1.165) is 4.90 Å². The number of urea groups is 1. The molecule has 6 heteroatoms. The molecule has 6 nitrogen and oxygen atoms in total. The third kappa shape index (κ3) is 1.58. The maximum atomic E-state index is 11.3. The van der Waals surface area contributed by atoms with Gasteiger partial charge in [-0.25, -0.2) is 4.79 Å². The van der Waals surface area contributed by atoms with Crippen molar-refractivity contribution in [3.05, 3.63) is 12.2 Å². The monoisotopic (exact) mass is 210 g/mol. The van der Waals surface area contributed by atoms with E-state index in [-0.39, 0.29) is 18.9 Å². The van der Waals surface area contributed by atoms with Crippen LogP contribution in [0.2, 0.25) is 0 Å². The van der Waals surface area contributed by atoms with Crippen molar-refractivity contribution >= 4 is 17.9 Å². The topological polar surface area (TPSA) is 86.7 Å². The predicted molar refractivity (Wildman–Crippen MR) is 48.9 cm³/mol. The Morgan fingerprint density at radius 2 is 2.20 bits per heavy atom. The van der Waals surface area contributed by atoms with Crippen molar-refractivity contribution in [2.45, 2.75) is 12.5 Å². The molecule has 1 saturated heterocycles. The average molecular weight is 210 g/mol. The van der Waals surface area contributed by atoms with E-state index in [1.165, 1.54) is 6.08 Å². The molecule has 0 aromatic carbocycles. The SMILES string of the molecule is O=C(O)C1C=CC(N2C(=O)CNC2=O)C1. The van der Waals surface area contributed by atoms with Crippen LogP contribution in [-0.4, -0.2) is 40.5 Å². The number of imide groups is 1. The molecule has 0 radical (unpaired) electrons. The molecule has 15 heavy (non-hydrogen) atoms. The molecule has 0 spiro atoms. The lowest BCUT2D eigenvalue weighted by molar-refractivity contribution is -0.140. The van der Waals surface area contributed by atoms with E-state index < -0.39 is 24.0 Å². The highest BCUT2D eigenvalue weighted by Crippen LogP contribution is 2.23.